The molecule has 1 unspecified atom stereocenters. The molecular weight excluding hydrogens is 182 g/mol. The maximum absolute atomic E-state index is 10.6. The van der Waals surface area contributed by atoms with Gasteiger partial charge in [0.15, 0.2) is 0 Å². The molecule has 1 heterocycles. The molecule has 1 aromatic carbocycles. The van der Waals surface area contributed by atoms with E-state index >= 15 is 0 Å². The molecule has 13 heavy (non-hydrogen) atoms. The standard InChI is InChI=1S/C10H9NOS/c12-6-8-5-7-3-1-2-4-9(7)11-10(8)13/h1-6,10-11,13H. The highest BCUT2D eigenvalue weighted by Gasteiger charge is 2.15. The van der Waals surface area contributed by atoms with Gasteiger partial charge in [0.05, 0.1) is 5.37 Å². The van der Waals surface area contributed by atoms with Gasteiger partial charge < -0.3 is 5.32 Å². The number of fused-ring (bicyclic) bond motifs is 1. The fourth-order valence-corrected chi connectivity index (χ4v) is 1.62. The SMILES string of the molecule is O=CC1=Cc2ccccc2NC1S. The fourth-order valence-electron chi connectivity index (χ4n) is 1.34. The number of hydrogen-bond donors (Lipinski definition) is 2. The number of benzene rings is 1. The zero-order chi connectivity index (χ0) is 9.26. The highest BCUT2D eigenvalue weighted by atomic mass is 32.1. The fraction of sp³-hybridized carbons (Fsp3) is 0.100. The Morgan fingerprint density at radius 3 is 2.92 bits per heavy atom. The van der Waals surface area contributed by atoms with E-state index in [2.05, 4.69) is 17.9 Å². The molecule has 0 fully saturated rings. The molecule has 3 heteroatoms. The molecule has 0 bridgehead atoms. The van der Waals surface area contributed by atoms with Gasteiger partial charge in [-0.15, -0.1) is 12.6 Å². The maximum Gasteiger partial charge on any atom is 0.148 e. The van der Waals surface area contributed by atoms with E-state index in [1.54, 1.807) is 0 Å². The van der Waals surface area contributed by atoms with E-state index in [1.165, 1.54) is 0 Å². The predicted octanol–water partition coefficient (Wildman–Crippen LogP) is 1.95. The summed E-state index contributed by atoms with van der Waals surface area (Å²) in [4.78, 5) is 10.6. The van der Waals surface area contributed by atoms with Crippen molar-refractivity contribution in [1.82, 2.24) is 0 Å². The lowest BCUT2D eigenvalue weighted by Crippen LogP contribution is -2.20. The summed E-state index contributed by atoms with van der Waals surface area (Å²) in [6.07, 6.45) is 2.69. The van der Waals surface area contributed by atoms with E-state index in [-0.39, 0.29) is 5.37 Å². The first-order valence-corrected chi connectivity index (χ1v) is 4.53. The first-order chi connectivity index (χ1) is 6.31. The van der Waals surface area contributed by atoms with Crippen molar-refractivity contribution < 1.29 is 4.79 Å². The number of nitrogens with one attached hydrogen (secondary N) is 1. The lowest BCUT2D eigenvalue weighted by atomic mass is 10.1. The molecule has 1 aliphatic heterocycles. The molecule has 0 aliphatic carbocycles. The summed E-state index contributed by atoms with van der Waals surface area (Å²) in [5.74, 6) is 0. The first kappa shape index (κ1) is 8.38. The quantitative estimate of drug-likeness (QED) is 0.525. The number of aldehydes is 1. The Hall–Kier alpha value is -1.22. The maximum atomic E-state index is 10.6. The second-order valence-corrected chi connectivity index (χ2v) is 3.41. The van der Waals surface area contributed by atoms with Gasteiger partial charge in [0, 0.05) is 11.3 Å². The Kier molecular flexibility index (Phi) is 2.10. The van der Waals surface area contributed by atoms with E-state index in [9.17, 15) is 4.79 Å². The highest BCUT2D eigenvalue weighted by molar-refractivity contribution is 7.81. The summed E-state index contributed by atoms with van der Waals surface area (Å²) >= 11 is 4.25. The van der Waals surface area contributed by atoms with Crippen molar-refractivity contribution in [2.75, 3.05) is 5.32 Å². The third-order valence-corrected chi connectivity index (χ3v) is 2.45. The first-order valence-electron chi connectivity index (χ1n) is 4.01. The number of thiol groups is 1. The average molecular weight is 191 g/mol. The smallest absolute Gasteiger partial charge is 0.148 e. The topological polar surface area (TPSA) is 29.1 Å². The van der Waals surface area contributed by atoms with Gasteiger partial charge in [-0.05, 0) is 17.7 Å². The summed E-state index contributed by atoms with van der Waals surface area (Å²) in [5, 5.41) is 2.94. The molecule has 1 aliphatic rings. The summed E-state index contributed by atoms with van der Waals surface area (Å²) < 4.78 is 0. The monoisotopic (exact) mass is 191 g/mol. The molecule has 0 saturated carbocycles. The number of hydrogen-bond acceptors (Lipinski definition) is 3. The summed E-state index contributed by atoms with van der Waals surface area (Å²) in [6, 6.07) is 7.83. The van der Waals surface area contributed by atoms with Gasteiger partial charge in [-0.3, -0.25) is 4.79 Å². The Morgan fingerprint density at radius 1 is 1.38 bits per heavy atom. The zero-order valence-electron chi connectivity index (χ0n) is 6.90. The number of carbonyl (C=O) groups is 1. The van der Waals surface area contributed by atoms with Crippen LogP contribution in [0.2, 0.25) is 0 Å². The number of para-hydroxylation sites is 1. The van der Waals surface area contributed by atoms with Gasteiger partial charge in [0.2, 0.25) is 0 Å². The predicted molar refractivity (Wildman–Crippen MR) is 56.9 cm³/mol. The third kappa shape index (κ3) is 1.47. The van der Waals surface area contributed by atoms with Crippen LogP contribution in [0.15, 0.2) is 29.8 Å². The van der Waals surface area contributed by atoms with Crippen LogP contribution in [0.25, 0.3) is 6.08 Å². The van der Waals surface area contributed by atoms with Crippen LogP contribution in [0.5, 0.6) is 0 Å². The second kappa shape index (κ2) is 3.26. The number of rotatable bonds is 1. The van der Waals surface area contributed by atoms with E-state index in [1.807, 2.05) is 30.3 Å². The average Bonchev–Trinajstić information content (AvgIpc) is 2.17. The molecule has 0 spiro atoms. The van der Waals surface area contributed by atoms with Crippen molar-refractivity contribution in [2.45, 2.75) is 5.37 Å². The largest absolute Gasteiger partial charge is 0.369 e. The van der Waals surface area contributed by atoms with Crippen molar-refractivity contribution in [3.05, 3.63) is 35.4 Å². The van der Waals surface area contributed by atoms with Crippen molar-refractivity contribution in [2.24, 2.45) is 0 Å². The van der Waals surface area contributed by atoms with Crippen LogP contribution < -0.4 is 5.32 Å². The minimum atomic E-state index is -0.188. The molecule has 1 atom stereocenters. The van der Waals surface area contributed by atoms with Crippen LogP contribution in [-0.4, -0.2) is 11.7 Å². The van der Waals surface area contributed by atoms with Gasteiger partial charge in [-0.1, -0.05) is 18.2 Å². The van der Waals surface area contributed by atoms with Crippen LogP contribution in [0.1, 0.15) is 5.56 Å². The Balaban J connectivity index is 2.49. The van der Waals surface area contributed by atoms with Crippen LogP contribution in [0.4, 0.5) is 5.69 Å². The molecule has 1 aromatic rings. The minimum Gasteiger partial charge on any atom is -0.369 e. The van der Waals surface area contributed by atoms with Crippen molar-refractivity contribution >= 4 is 30.7 Å². The Morgan fingerprint density at radius 2 is 2.15 bits per heavy atom. The minimum absolute atomic E-state index is 0.188. The molecule has 2 rings (SSSR count). The van der Waals surface area contributed by atoms with E-state index in [4.69, 9.17) is 0 Å². The van der Waals surface area contributed by atoms with E-state index in [0.29, 0.717) is 5.57 Å². The lowest BCUT2D eigenvalue weighted by Gasteiger charge is -2.21. The van der Waals surface area contributed by atoms with Crippen LogP contribution >= 0.6 is 12.6 Å². The van der Waals surface area contributed by atoms with Crippen LogP contribution in [0, 0.1) is 0 Å². The Labute approximate surface area is 82.1 Å². The van der Waals surface area contributed by atoms with Gasteiger partial charge in [-0.2, -0.15) is 0 Å². The normalized spacial score (nSPS) is 19.8. The molecule has 2 nitrogen and oxygen atoms in total. The Bertz CT molecular complexity index is 373. The van der Waals surface area contributed by atoms with E-state index < -0.39 is 0 Å². The van der Waals surface area contributed by atoms with Gasteiger partial charge in [0.1, 0.15) is 6.29 Å². The lowest BCUT2D eigenvalue weighted by molar-refractivity contribution is -0.104. The number of carbonyl (C=O) groups excluding carboxylic acids is 1. The molecule has 0 amide bonds. The second-order valence-electron chi connectivity index (χ2n) is 2.90. The van der Waals surface area contributed by atoms with Crippen molar-refractivity contribution in [3.63, 3.8) is 0 Å². The summed E-state index contributed by atoms with van der Waals surface area (Å²) in [6.45, 7) is 0. The number of anilines is 1. The zero-order valence-corrected chi connectivity index (χ0v) is 7.79. The molecule has 0 saturated heterocycles. The highest BCUT2D eigenvalue weighted by Crippen LogP contribution is 2.26. The van der Waals surface area contributed by atoms with Crippen molar-refractivity contribution in [3.8, 4) is 0 Å². The molecular formula is C10H9NOS. The summed E-state index contributed by atoms with van der Waals surface area (Å²) in [7, 11) is 0. The molecule has 0 radical (unpaired) electrons. The van der Waals surface area contributed by atoms with Crippen molar-refractivity contribution in [1.29, 1.82) is 0 Å². The molecule has 0 aromatic heterocycles. The molecule has 66 valence electrons. The van der Waals surface area contributed by atoms with Gasteiger partial charge in [-0.25, -0.2) is 0 Å². The van der Waals surface area contributed by atoms with Crippen LogP contribution in [0.3, 0.4) is 0 Å². The molecule has 1 N–H and O–H groups in total. The van der Waals surface area contributed by atoms with E-state index in [0.717, 1.165) is 17.5 Å². The third-order valence-electron chi connectivity index (χ3n) is 2.03. The van der Waals surface area contributed by atoms with Gasteiger partial charge in [0.25, 0.3) is 0 Å². The van der Waals surface area contributed by atoms with Gasteiger partial charge >= 0.3 is 0 Å². The van der Waals surface area contributed by atoms with Crippen LogP contribution in [-0.2, 0) is 4.79 Å². The summed E-state index contributed by atoms with van der Waals surface area (Å²) in [5.41, 5.74) is 2.73.